The number of pyridine rings is 1. The van der Waals surface area contributed by atoms with Crippen LogP contribution >= 0.6 is 0 Å². The Morgan fingerprint density at radius 3 is 2.64 bits per heavy atom. The molecule has 1 unspecified atom stereocenters. The third kappa shape index (κ3) is 2.92. The highest BCUT2D eigenvalue weighted by molar-refractivity contribution is 6.14. The average molecular weight is 376 g/mol. The topological polar surface area (TPSA) is 112 Å². The quantitative estimate of drug-likeness (QED) is 0.541. The number of fused-ring (bicyclic) bond motifs is 1. The molecule has 0 spiro atoms. The Morgan fingerprint density at radius 1 is 1.18 bits per heavy atom. The fourth-order valence-corrected chi connectivity index (χ4v) is 3.09. The molecular formula is C19H16N6O3. The number of hydrogen-bond donors (Lipinski definition) is 1. The molecule has 140 valence electrons. The summed E-state index contributed by atoms with van der Waals surface area (Å²) in [6.07, 6.45) is 3.23. The Labute approximate surface area is 160 Å². The van der Waals surface area contributed by atoms with Crippen LogP contribution in [0.25, 0.3) is 0 Å². The number of tetrazole rings is 1. The van der Waals surface area contributed by atoms with E-state index in [0.717, 1.165) is 5.56 Å². The van der Waals surface area contributed by atoms with Gasteiger partial charge in [0.1, 0.15) is 11.7 Å². The predicted molar refractivity (Wildman–Crippen MR) is 98.4 cm³/mol. The van der Waals surface area contributed by atoms with Crippen LogP contribution in [0.15, 0.2) is 60.1 Å². The van der Waals surface area contributed by atoms with E-state index >= 15 is 0 Å². The van der Waals surface area contributed by atoms with Crippen molar-refractivity contribution >= 4 is 17.7 Å². The van der Waals surface area contributed by atoms with Gasteiger partial charge in [0.2, 0.25) is 5.95 Å². The summed E-state index contributed by atoms with van der Waals surface area (Å²) in [4.78, 5) is 30.1. The summed E-state index contributed by atoms with van der Waals surface area (Å²) in [6.45, 7) is 1.93. The minimum atomic E-state index is -0.733. The first-order valence-electron chi connectivity index (χ1n) is 8.49. The number of ketones is 1. The van der Waals surface area contributed by atoms with E-state index in [-0.39, 0.29) is 23.0 Å². The fraction of sp³-hybridized carbons (Fsp3) is 0.158. The van der Waals surface area contributed by atoms with Crippen molar-refractivity contribution in [3.8, 4) is 0 Å². The molecule has 1 aliphatic rings. The molecule has 1 aromatic carbocycles. The molecule has 3 aromatic rings. The Morgan fingerprint density at radius 2 is 1.96 bits per heavy atom. The Kier molecular flexibility index (Phi) is 4.40. The molecule has 0 saturated carbocycles. The van der Waals surface area contributed by atoms with E-state index < -0.39 is 12.0 Å². The lowest BCUT2D eigenvalue weighted by molar-refractivity contribution is -0.136. The molecule has 0 radical (unpaired) electrons. The van der Waals surface area contributed by atoms with Crippen LogP contribution in [0.2, 0.25) is 0 Å². The van der Waals surface area contributed by atoms with E-state index in [1.54, 1.807) is 36.7 Å². The van der Waals surface area contributed by atoms with Crippen molar-refractivity contribution in [2.24, 2.45) is 0 Å². The minimum Gasteiger partial charge on any atom is -0.464 e. The second-order valence-electron chi connectivity index (χ2n) is 6.24. The van der Waals surface area contributed by atoms with E-state index in [4.69, 9.17) is 4.74 Å². The lowest BCUT2D eigenvalue weighted by Crippen LogP contribution is -2.33. The molecule has 1 N–H and O–H groups in total. The van der Waals surface area contributed by atoms with Gasteiger partial charge in [0.15, 0.2) is 5.78 Å². The molecule has 0 fully saturated rings. The summed E-state index contributed by atoms with van der Waals surface area (Å²) in [6, 6.07) is 9.92. The summed E-state index contributed by atoms with van der Waals surface area (Å²) in [5.74, 6) is -0.781. The molecule has 0 aliphatic carbocycles. The fourth-order valence-electron chi connectivity index (χ4n) is 3.09. The molecule has 0 amide bonds. The number of nitrogens with one attached hydrogen (secondary N) is 1. The second kappa shape index (κ2) is 7.03. The van der Waals surface area contributed by atoms with Crippen LogP contribution in [0.3, 0.4) is 0 Å². The van der Waals surface area contributed by atoms with Gasteiger partial charge in [-0.05, 0) is 29.0 Å². The van der Waals surface area contributed by atoms with Gasteiger partial charge in [-0.15, -0.1) is 0 Å². The largest absolute Gasteiger partial charge is 0.464 e. The first kappa shape index (κ1) is 17.5. The summed E-state index contributed by atoms with van der Waals surface area (Å²) in [7, 11) is 1.25. The van der Waals surface area contributed by atoms with Crippen molar-refractivity contribution in [1.82, 2.24) is 25.2 Å². The third-order valence-electron chi connectivity index (χ3n) is 4.47. The molecular weight excluding hydrogens is 360 g/mol. The molecule has 0 bridgehead atoms. The maximum Gasteiger partial charge on any atom is 0.355 e. The number of aryl methyl sites for hydroxylation is 1. The number of aromatic nitrogens is 5. The molecule has 28 heavy (non-hydrogen) atoms. The van der Waals surface area contributed by atoms with E-state index in [2.05, 4.69) is 25.8 Å². The van der Waals surface area contributed by atoms with E-state index in [0.29, 0.717) is 11.1 Å². The number of benzene rings is 1. The van der Waals surface area contributed by atoms with Crippen molar-refractivity contribution in [2.45, 2.75) is 13.0 Å². The standard InChI is InChI=1S/C19H16N6O3/c1-11-5-7-12(8-6-11)17(26)14-15(18(27)28-2)21-19-22-23-24-25(19)16(14)13-4-3-9-20-10-13/h3-10,16H,1-2H3,(H,21,22,24). The van der Waals surface area contributed by atoms with Gasteiger partial charge in [-0.2, -0.15) is 4.68 Å². The highest BCUT2D eigenvalue weighted by atomic mass is 16.5. The number of esters is 1. The first-order valence-corrected chi connectivity index (χ1v) is 8.49. The number of Topliss-reactive ketones (excluding diaryl/α,β-unsaturated/α-hetero) is 1. The summed E-state index contributed by atoms with van der Waals surface area (Å²) >= 11 is 0. The number of carbonyl (C=O) groups is 2. The van der Waals surface area contributed by atoms with Crippen LogP contribution in [0.1, 0.15) is 27.5 Å². The van der Waals surface area contributed by atoms with Gasteiger partial charge in [0, 0.05) is 18.0 Å². The molecule has 3 heterocycles. The number of anilines is 1. The minimum absolute atomic E-state index is 0.00391. The number of carbonyl (C=O) groups excluding carboxylic acids is 2. The lowest BCUT2D eigenvalue weighted by Gasteiger charge is -2.27. The van der Waals surface area contributed by atoms with Crippen molar-refractivity contribution < 1.29 is 14.3 Å². The van der Waals surface area contributed by atoms with Crippen molar-refractivity contribution in [3.63, 3.8) is 0 Å². The van der Waals surface area contributed by atoms with E-state index in [1.807, 2.05) is 19.1 Å². The van der Waals surface area contributed by atoms with Crippen LogP contribution in [0.5, 0.6) is 0 Å². The zero-order valence-electron chi connectivity index (χ0n) is 15.2. The molecule has 2 aromatic heterocycles. The van der Waals surface area contributed by atoms with Gasteiger partial charge < -0.3 is 10.1 Å². The maximum atomic E-state index is 13.4. The van der Waals surface area contributed by atoms with Crippen LogP contribution in [0.4, 0.5) is 5.95 Å². The number of ether oxygens (including phenoxy) is 1. The van der Waals surface area contributed by atoms with Crippen LogP contribution in [-0.2, 0) is 9.53 Å². The summed E-state index contributed by atoms with van der Waals surface area (Å²) in [5, 5.41) is 14.4. The maximum absolute atomic E-state index is 13.4. The molecule has 1 aliphatic heterocycles. The van der Waals surface area contributed by atoms with Crippen molar-refractivity contribution in [3.05, 3.63) is 76.8 Å². The van der Waals surface area contributed by atoms with Crippen LogP contribution in [0, 0.1) is 6.92 Å². The first-order chi connectivity index (χ1) is 13.6. The number of allylic oxidation sites excluding steroid dienone is 1. The zero-order valence-corrected chi connectivity index (χ0v) is 15.2. The average Bonchev–Trinajstić information content (AvgIpc) is 3.21. The summed E-state index contributed by atoms with van der Waals surface area (Å²) < 4.78 is 6.35. The normalized spacial score (nSPS) is 15.6. The smallest absolute Gasteiger partial charge is 0.355 e. The Bertz CT molecular complexity index is 1070. The van der Waals surface area contributed by atoms with E-state index in [1.165, 1.54) is 11.8 Å². The van der Waals surface area contributed by atoms with Gasteiger partial charge >= 0.3 is 5.97 Å². The molecule has 1 atom stereocenters. The van der Waals surface area contributed by atoms with Gasteiger partial charge in [0.25, 0.3) is 0 Å². The highest BCUT2D eigenvalue weighted by Gasteiger charge is 2.38. The van der Waals surface area contributed by atoms with Gasteiger partial charge in [-0.25, -0.2) is 4.79 Å². The number of hydrogen-bond acceptors (Lipinski definition) is 8. The third-order valence-corrected chi connectivity index (χ3v) is 4.47. The van der Waals surface area contributed by atoms with Gasteiger partial charge in [-0.3, -0.25) is 9.78 Å². The van der Waals surface area contributed by atoms with Crippen molar-refractivity contribution in [1.29, 1.82) is 0 Å². The highest BCUT2D eigenvalue weighted by Crippen LogP contribution is 2.36. The number of nitrogens with zero attached hydrogens (tertiary/aromatic N) is 5. The number of rotatable bonds is 4. The predicted octanol–water partition coefficient (Wildman–Crippen LogP) is 1.70. The van der Waals surface area contributed by atoms with E-state index in [9.17, 15) is 9.59 Å². The monoisotopic (exact) mass is 376 g/mol. The summed E-state index contributed by atoms with van der Waals surface area (Å²) in [5.41, 5.74) is 2.31. The number of methoxy groups -OCH3 is 1. The van der Waals surface area contributed by atoms with Crippen LogP contribution in [-0.4, -0.2) is 44.1 Å². The Hall–Kier alpha value is -3.88. The van der Waals surface area contributed by atoms with Crippen molar-refractivity contribution in [2.75, 3.05) is 12.4 Å². The molecule has 4 rings (SSSR count). The molecule has 9 heteroatoms. The second-order valence-corrected chi connectivity index (χ2v) is 6.24. The van der Waals surface area contributed by atoms with Crippen LogP contribution < -0.4 is 5.32 Å². The van der Waals surface area contributed by atoms with Gasteiger partial charge in [0.05, 0.1) is 12.7 Å². The zero-order chi connectivity index (χ0) is 19.7. The molecule has 0 saturated heterocycles. The van der Waals surface area contributed by atoms with Gasteiger partial charge in [-0.1, -0.05) is 41.0 Å². The SMILES string of the molecule is COC(=O)C1=C(C(=O)c2ccc(C)cc2)C(c2cccnc2)n2nnnc2N1. The molecule has 9 nitrogen and oxygen atoms in total. The lowest BCUT2D eigenvalue weighted by atomic mass is 9.90. The Balaban J connectivity index is 1.94.